The molecule has 1 fully saturated rings. The van der Waals surface area contributed by atoms with Crippen molar-refractivity contribution in [2.24, 2.45) is 5.92 Å². The maximum atomic E-state index is 13.0. The van der Waals surface area contributed by atoms with Gasteiger partial charge in [0.15, 0.2) is 0 Å². The lowest BCUT2D eigenvalue weighted by atomic mass is 10.1. The van der Waals surface area contributed by atoms with Gasteiger partial charge in [0, 0.05) is 23.7 Å². The van der Waals surface area contributed by atoms with Crippen molar-refractivity contribution in [3.8, 4) is 11.8 Å². The van der Waals surface area contributed by atoms with Gasteiger partial charge in [-0.15, -0.1) is 0 Å². The molecule has 0 spiro atoms. The molecule has 1 aliphatic carbocycles. The number of carbonyl (C=O) groups is 2. The lowest BCUT2D eigenvalue weighted by molar-refractivity contribution is -0.117. The van der Waals surface area contributed by atoms with E-state index in [-0.39, 0.29) is 41.8 Å². The van der Waals surface area contributed by atoms with Crippen LogP contribution in [0, 0.1) is 5.92 Å². The van der Waals surface area contributed by atoms with Crippen LogP contribution < -0.4 is 14.9 Å². The first-order valence-corrected chi connectivity index (χ1v) is 9.35. The van der Waals surface area contributed by atoms with Crippen molar-refractivity contribution >= 4 is 17.8 Å². The van der Waals surface area contributed by atoms with Crippen molar-refractivity contribution in [3.05, 3.63) is 35.7 Å². The number of halogens is 1. The highest BCUT2D eigenvalue weighted by Gasteiger charge is 2.36. The molecule has 4 rings (SSSR count). The Labute approximate surface area is 166 Å². The number of ether oxygens (including phenoxy) is 1. The smallest absolute Gasteiger partial charge is 0.305 e. The number of hydrogen-bond acceptors (Lipinski definition) is 7. The van der Waals surface area contributed by atoms with Gasteiger partial charge in [-0.05, 0) is 38.8 Å². The minimum absolute atomic E-state index is 0.00253. The highest BCUT2D eigenvalue weighted by molar-refractivity contribution is 5.95. The zero-order chi connectivity index (χ0) is 20.5. The van der Waals surface area contributed by atoms with Gasteiger partial charge in [-0.25, -0.2) is 14.4 Å². The normalized spacial score (nSPS) is 18.6. The number of hydrogen-bond donors (Lipinski definition) is 1. The van der Waals surface area contributed by atoms with Crippen molar-refractivity contribution in [2.45, 2.75) is 38.9 Å². The number of anilines is 1. The van der Waals surface area contributed by atoms with Gasteiger partial charge in [0.05, 0.1) is 6.04 Å². The number of rotatable bonds is 6. The van der Waals surface area contributed by atoms with E-state index in [0.717, 1.165) is 17.9 Å². The molecule has 1 saturated carbocycles. The van der Waals surface area contributed by atoms with Crippen LogP contribution in [0.1, 0.15) is 48.8 Å². The topological polar surface area (TPSA) is 107 Å². The zero-order valence-electron chi connectivity index (χ0n) is 16.0. The number of carbonyl (C=O) groups excluding carboxylic acids is 2. The van der Waals surface area contributed by atoms with Gasteiger partial charge in [0.25, 0.3) is 5.88 Å². The van der Waals surface area contributed by atoms with E-state index in [1.165, 1.54) is 19.2 Å². The van der Waals surface area contributed by atoms with E-state index in [1.807, 2.05) is 0 Å². The summed E-state index contributed by atoms with van der Waals surface area (Å²) in [6, 6.07) is 4.35. The highest BCUT2D eigenvalue weighted by atomic mass is 19.1. The molecule has 0 bridgehead atoms. The lowest BCUT2D eigenvalue weighted by Crippen LogP contribution is -2.33. The fourth-order valence-electron chi connectivity index (χ4n) is 2.83. The fourth-order valence-corrected chi connectivity index (χ4v) is 2.83. The second-order valence-corrected chi connectivity index (χ2v) is 7.06. The fraction of sp³-hybridized carbons (Fsp3) is 0.421. The second-order valence-electron chi connectivity index (χ2n) is 7.06. The summed E-state index contributed by atoms with van der Waals surface area (Å²) in [5.74, 6) is -0.150. The lowest BCUT2D eigenvalue weighted by Gasteiger charge is -2.18. The van der Waals surface area contributed by atoms with E-state index in [0.29, 0.717) is 5.56 Å². The Morgan fingerprint density at radius 3 is 2.86 bits per heavy atom. The largest absolute Gasteiger partial charge is 0.474 e. The Balaban J connectivity index is 1.48. The molecule has 2 aromatic rings. The summed E-state index contributed by atoms with van der Waals surface area (Å²) < 4.78 is 18.2. The van der Waals surface area contributed by atoms with Crippen LogP contribution in [0.5, 0.6) is 11.8 Å². The maximum Gasteiger partial charge on any atom is 0.305 e. The molecular weight excluding hydrogens is 381 g/mol. The van der Waals surface area contributed by atoms with E-state index in [1.54, 1.807) is 19.1 Å². The van der Waals surface area contributed by atoms with Crippen molar-refractivity contribution < 1.29 is 23.6 Å². The van der Waals surface area contributed by atoms with Crippen LogP contribution in [0.15, 0.2) is 24.4 Å². The summed E-state index contributed by atoms with van der Waals surface area (Å²) in [4.78, 5) is 42.7. The number of nitrogens with one attached hydrogen (secondary N) is 1. The van der Waals surface area contributed by atoms with Gasteiger partial charge in [0.1, 0.15) is 18.5 Å². The first kappa shape index (κ1) is 19.0. The molecule has 10 heteroatoms. The highest BCUT2D eigenvalue weighted by Crippen LogP contribution is 2.37. The SMILES string of the molecule is CC1c2ccc(OC[C@@H](C)F)nc2ON1C(=O)c1ccnc(NC(=O)C2CC2)n1. The molecule has 2 atom stereocenters. The van der Waals surface area contributed by atoms with Crippen molar-refractivity contribution in [2.75, 3.05) is 11.9 Å². The summed E-state index contributed by atoms with van der Waals surface area (Å²) in [6.07, 6.45) is 1.98. The average Bonchev–Trinajstić information content (AvgIpc) is 3.50. The van der Waals surface area contributed by atoms with E-state index in [4.69, 9.17) is 9.57 Å². The van der Waals surface area contributed by atoms with Gasteiger partial charge in [-0.3, -0.25) is 14.9 Å². The number of fused-ring (bicyclic) bond motifs is 1. The average molecular weight is 401 g/mol. The summed E-state index contributed by atoms with van der Waals surface area (Å²) in [7, 11) is 0. The third-order valence-corrected chi connectivity index (χ3v) is 4.57. The Morgan fingerprint density at radius 1 is 1.34 bits per heavy atom. The molecule has 2 aliphatic rings. The minimum Gasteiger partial charge on any atom is -0.474 e. The molecular formula is C19H20FN5O4. The molecule has 29 heavy (non-hydrogen) atoms. The molecule has 9 nitrogen and oxygen atoms in total. The number of hydroxylamine groups is 2. The van der Waals surface area contributed by atoms with Crippen molar-refractivity contribution in [3.63, 3.8) is 0 Å². The molecule has 2 aromatic heterocycles. The Hall–Kier alpha value is -3.30. The van der Waals surface area contributed by atoms with Crippen LogP contribution in [0.3, 0.4) is 0 Å². The van der Waals surface area contributed by atoms with Gasteiger partial charge in [-0.2, -0.15) is 10.0 Å². The predicted molar refractivity (Wildman–Crippen MR) is 98.9 cm³/mol. The quantitative estimate of drug-likeness (QED) is 0.792. The number of nitrogens with zero attached hydrogens (tertiary/aromatic N) is 4. The van der Waals surface area contributed by atoms with Gasteiger partial charge in [-0.1, -0.05) is 0 Å². The molecule has 0 aromatic carbocycles. The summed E-state index contributed by atoms with van der Waals surface area (Å²) >= 11 is 0. The number of amides is 2. The molecule has 1 unspecified atom stereocenters. The third-order valence-electron chi connectivity index (χ3n) is 4.57. The molecule has 2 amide bonds. The molecule has 152 valence electrons. The predicted octanol–water partition coefficient (Wildman–Crippen LogP) is 2.47. The molecule has 1 aliphatic heterocycles. The van der Waals surface area contributed by atoms with Crippen LogP contribution in [0.4, 0.5) is 10.3 Å². The molecule has 0 radical (unpaired) electrons. The van der Waals surface area contributed by atoms with Gasteiger partial charge in [0.2, 0.25) is 17.7 Å². The van der Waals surface area contributed by atoms with E-state index in [9.17, 15) is 14.0 Å². The minimum atomic E-state index is -1.13. The maximum absolute atomic E-state index is 13.0. The Kier molecular flexibility index (Phi) is 4.99. The Bertz CT molecular complexity index is 950. The molecule has 0 saturated heterocycles. The number of alkyl halides is 1. The third kappa shape index (κ3) is 4.10. The summed E-state index contributed by atoms with van der Waals surface area (Å²) in [6.45, 7) is 3.04. The van der Waals surface area contributed by atoms with Crippen LogP contribution in [0.25, 0.3) is 0 Å². The second kappa shape index (κ2) is 7.61. The van der Waals surface area contributed by atoms with E-state index >= 15 is 0 Å². The van der Waals surface area contributed by atoms with Gasteiger partial charge < -0.3 is 9.57 Å². The van der Waals surface area contributed by atoms with Crippen LogP contribution >= 0.6 is 0 Å². The monoisotopic (exact) mass is 401 g/mol. The van der Waals surface area contributed by atoms with E-state index in [2.05, 4.69) is 20.3 Å². The summed E-state index contributed by atoms with van der Waals surface area (Å²) in [5.41, 5.74) is 0.767. The molecule has 1 N–H and O–H groups in total. The van der Waals surface area contributed by atoms with Gasteiger partial charge >= 0.3 is 5.91 Å². The van der Waals surface area contributed by atoms with E-state index < -0.39 is 18.1 Å². The summed E-state index contributed by atoms with van der Waals surface area (Å²) in [5, 5.41) is 3.76. The van der Waals surface area contributed by atoms with Crippen molar-refractivity contribution in [1.29, 1.82) is 0 Å². The standard InChI is InChI=1S/C19H20FN5O4/c1-10(20)9-28-15-6-5-13-11(2)25(29-17(13)23-15)18(27)14-7-8-21-19(22-14)24-16(26)12-3-4-12/h5-8,10-12H,3-4,9H2,1-2H3,(H,21,22,24,26)/t10-,11?/m1/s1. The Morgan fingerprint density at radius 2 is 2.14 bits per heavy atom. The van der Waals surface area contributed by atoms with Crippen LogP contribution in [-0.4, -0.2) is 44.6 Å². The number of aromatic nitrogens is 3. The number of pyridine rings is 1. The first-order chi connectivity index (χ1) is 13.9. The van der Waals surface area contributed by atoms with Crippen LogP contribution in [0.2, 0.25) is 0 Å². The first-order valence-electron chi connectivity index (χ1n) is 9.35. The molecule has 3 heterocycles. The van der Waals surface area contributed by atoms with Crippen LogP contribution in [-0.2, 0) is 4.79 Å². The van der Waals surface area contributed by atoms with Crippen molar-refractivity contribution in [1.82, 2.24) is 20.0 Å². The zero-order valence-corrected chi connectivity index (χ0v) is 16.0.